The number of hydrogen-bond donors (Lipinski definition) is 2. The molecule has 0 heterocycles. The third-order valence-corrected chi connectivity index (χ3v) is 4.27. The van der Waals surface area contributed by atoms with Crippen LogP contribution in [0.3, 0.4) is 0 Å². The van der Waals surface area contributed by atoms with Crippen LogP contribution in [-0.4, -0.2) is 55.4 Å². The zero-order valence-electron chi connectivity index (χ0n) is 13.8. The Morgan fingerprint density at radius 2 is 2.04 bits per heavy atom. The molecule has 2 rings (SSSR count). The van der Waals surface area contributed by atoms with Crippen LogP contribution in [0.15, 0.2) is 24.3 Å². The SMILES string of the molecule is COc1ccccc1OCCCN(C)C(=O)[C@H]1C[C@H](N)[C@@H](O)C1. The van der Waals surface area contributed by atoms with E-state index in [1.54, 1.807) is 19.1 Å². The molecule has 6 heteroatoms. The van der Waals surface area contributed by atoms with E-state index in [2.05, 4.69) is 0 Å². The molecule has 6 nitrogen and oxygen atoms in total. The summed E-state index contributed by atoms with van der Waals surface area (Å²) in [5, 5.41) is 9.66. The first kappa shape index (κ1) is 17.6. The maximum Gasteiger partial charge on any atom is 0.225 e. The van der Waals surface area contributed by atoms with Crippen molar-refractivity contribution in [2.24, 2.45) is 11.7 Å². The zero-order chi connectivity index (χ0) is 16.8. The van der Waals surface area contributed by atoms with E-state index in [4.69, 9.17) is 15.2 Å². The molecule has 3 atom stereocenters. The van der Waals surface area contributed by atoms with Crippen molar-refractivity contribution in [3.8, 4) is 11.5 Å². The van der Waals surface area contributed by atoms with Crippen LogP contribution in [0.2, 0.25) is 0 Å². The Bertz CT molecular complexity index is 513. The molecule has 0 aliphatic heterocycles. The highest BCUT2D eigenvalue weighted by molar-refractivity contribution is 5.79. The highest BCUT2D eigenvalue weighted by atomic mass is 16.5. The molecule has 1 saturated carbocycles. The molecule has 1 aromatic carbocycles. The van der Waals surface area contributed by atoms with E-state index >= 15 is 0 Å². The van der Waals surface area contributed by atoms with Gasteiger partial charge in [0.2, 0.25) is 5.91 Å². The van der Waals surface area contributed by atoms with Gasteiger partial charge in [-0.3, -0.25) is 4.79 Å². The molecule has 1 aliphatic rings. The third-order valence-electron chi connectivity index (χ3n) is 4.27. The highest BCUT2D eigenvalue weighted by Crippen LogP contribution is 2.27. The van der Waals surface area contributed by atoms with Gasteiger partial charge in [-0.2, -0.15) is 0 Å². The first-order valence-electron chi connectivity index (χ1n) is 7.97. The van der Waals surface area contributed by atoms with Crippen LogP contribution in [0.25, 0.3) is 0 Å². The summed E-state index contributed by atoms with van der Waals surface area (Å²) < 4.78 is 10.9. The van der Waals surface area contributed by atoms with Crippen molar-refractivity contribution in [3.63, 3.8) is 0 Å². The van der Waals surface area contributed by atoms with Crippen molar-refractivity contribution in [2.75, 3.05) is 27.3 Å². The Hall–Kier alpha value is -1.79. The molecule has 3 N–H and O–H groups in total. The molecule has 0 aromatic heterocycles. The molecular formula is C17H26N2O4. The van der Waals surface area contributed by atoms with Crippen molar-refractivity contribution in [1.29, 1.82) is 0 Å². The predicted molar refractivity (Wildman–Crippen MR) is 87.4 cm³/mol. The van der Waals surface area contributed by atoms with E-state index < -0.39 is 6.10 Å². The fourth-order valence-electron chi connectivity index (χ4n) is 2.89. The first-order chi connectivity index (χ1) is 11.0. The molecule has 1 fully saturated rings. The average Bonchev–Trinajstić information content (AvgIpc) is 2.90. The number of aliphatic hydroxyl groups is 1. The van der Waals surface area contributed by atoms with Gasteiger partial charge in [0.25, 0.3) is 0 Å². The molecule has 0 bridgehead atoms. The fraction of sp³-hybridized carbons (Fsp3) is 0.588. The van der Waals surface area contributed by atoms with E-state index in [1.165, 1.54) is 0 Å². The summed E-state index contributed by atoms with van der Waals surface area (Å²) in [5.41, 5.74) is 5.77. The van der Waals surface area contributed by atoms with Crippen molar-refractivity contribution < 1.29 is 19.4 Å². The average molecular weight is 322 g/mol. The van der Waals surface area contributed by atoms with E-state index in [1.807, 2.05) is 24.3 Å². The first-order valence-corrected chi connectivity index (χ1v) is 7.97. The number of amides is 1. The van der Waals surface area contributed by atoms with E-state index in [-0.39, 0.29) is 17.9 Å². The van der Waals surface area contributed by atoms with E-state index in [9.17, 15) is 9.90 Å². The number of methoxy groups -OCH3 is 1. The second-order valence-corrected chi connectivity index (χ2v) is 6.01. The number of carbonyl (C=O) groups is 1. The quantitative estimate of drug-likeness (QED) is 0.732. The van der Waals surface area contributed by atoms with Crippen LogP contribution >= 0.6 is 0 Å². The number of rotatable bonds is 7. The molecule has 1 aliphatic carbocycles. The molecule has 0 spiro atoms. The van der Waals surface area contributed by atoms with Gasteiger partial charge in [0.15, 0.2) is 11.5 Å². The summed E-state index contributed by atoms with van der Waals surface area (Å²) in [7, 11) is 3.39. The van der Waals surface area contributed by atoms with Crippen molar-refractivity contribution in [2.45, 2.75) is 31.4 Å². The van der Waals surface area contributed by atoms with Gasteiger partial charge in [0.05, 0.1) is 19.8 Å². The van der Waals surface area contributed by atoms with Gasteiger partial charge < -0.3 is 25.2 Å². The number of para-hydroxylation sites is 2. The van der Waals surface area contributed by atoms with Crippen molar-refractivity contribution in [1.82, 2.24) is 4.90 Å². The smallest absolute Gasteiger partial charge is 0.225 e. The highest BCUT2D eigenvalue weighted by Gasteiger charge is 2.35. The topological polar surface area (TPSA) is 85.0 Å². The molecule has 1 amide bonds. The number of nitrogens with two attached hydrogens (primary N) is 1. The Balaban J connectivity index is 1.72. The second kappa shape index (κ2) is 8.17. The maximum absolute atomic E-state index is 12.3. The number of ether oxygens (including phenoxy) is 2. The molecule has 0 saturated heterocycles. The molecule has 128 valence electrons. The number of nitrogens with zero attached hydrogens (tertiary/aromatic N) is 1. The van der Waals surface area contributed by atoms with Gasteiger partial charge in [-0.25, -0.2) is 0 Å². The summed E-state index contributed by atoms with van der Waals surface area (Å²) in [5.74, 6) is 1.29. The maximum atomic E-state index is 12.3. The van der Waals surface area contributed by atoms with Crippen molar-refractivity contribution >= 4 is 5.91 Å². The van der Waals surface area contributed by atoms with Gasteiger partial charge >= 0.3 is 0 Å². The van der Waals surface area contributed by atoms with Crippen LogP contribution in [0.4, 0.5) is 0 Å². The Kier molecular flexibility index (Phi) is 6.24. The molecular weight excluding hydrogens is 296 g/mol. The zero-order valence-corrected chi connectivity index (χ0v) is 13.8. The summed E-state index contributed by atoms with van der Waals surface area (Å²) in [6, 6.07) is 7.20. The standard InChI is InChI=1S/C17H26N2O4/c1-19(17(21)12-10-13(18)14(20)11-12)8-5-9-23-16-7-4-3-6-15(16)22-2/h3-4,6-7,12-14,20H,5,8-11,18H2,1-2H3/t12-,13-,14-/m0/s1. The Morgan fingerprint density at radius 1 is 1.35 bits per heavy atom. The summed E-state index contributed by atoms with van der Waals surface area (Å²) in [4.78, 5) is 14.0. The van der Waals surface area contributed by atoms with Gasteiger partial charge in [-0.1, -0.05) is 12.1 Å². The number of aliphatic hydroxyl groups excluding tert-OH is 1. The third kappa shape index (κ3) is 4.59. The second-order valence-electron chi connectivity index (χ2n) is 6.01. The lowest BCUT2D eigenvalue weighted by Crippen LogP contribution is -2.34. The fourth-order valence-corrected chi connectivity index (χ4v) is 2.89. The normalized spacial score (nSPS) is 23.6. The largest absolute Gasteiger partial charge is 0.493 e. The predicted octanol–water partition coefficient (Wildman–Crippen LogP) is 1.02. The van der Waals surface area contributed by atoms with Crippen molar-refractivity contribution in [3.05, 3.63) is 24.3 Å². The lowest BCUT2D eigenvalue weighted by Gasteiger charge is -2.21. The van der Waals surface area contributed by atoms with Crippen LogP contribution in [0.1, 0.15) is 19.3 Å². The number of carbonyl (C=O) groups excluding carboxylic acids is 1. The lowest BCUT2D eigenvalue weighted by molar-refractivity contribution is -0.134. The van der Waals surface area contributed by atoms with Gasteiger partial charge in [-0.05, 0) is 31.4 Å². The van der Waals surface area contributed by atoms with Crippen LogP contribution in [0, 0.1) is 5.92 Å². The molecule has 23 heavy (non-hydrogen) atoms. The van der Waals surface area contributed by atoms with E-state index in [0.29, 0.717) is 37.5 Å². The number of hydrogen-bond acceptors (Lipinski definition) is 5. The molecule has 0 unspecified atom stereocenters. The van der Waals surface area contributed by atoms with Gasteiger partial charge in [-0.15, -0.1) is 0 Å². The minimum atomic E-state index is -0.564. The molecule has 0 radical (unpaired) electrons. The minimum absolute atomic E-state index is 0.0503. The molecule has 1 aromatic rings. The van der Waals surface area contributed by atoms with Gasteiger partial charge in [0.1, 0.15) is 0 Å². The van der Waals surface area contributed by atoms with Gasteiger partial charge in [0, 0.05) is 25.6 Å². The number of benzene rings is 1. The summed E-state index contributed by atoms with van der Waals surface area (Å²) >= 11 is 0. The van der Waals surface area contributed by atoms with Crippen LogP contribution in [-0.2, 0) is 4.79 Å². The lowest BCUT2D eigenvalue weighted by atomic mass is 10.1. The van der Waals surface area contributed by atoms with Crippen LogP contribution in [0.5, 0.6) is 11.5 Å². The van der Waals surface area contributed by atoms with E-state index in [0.717, 1.165) is 6.42 Å². The Morgan fingerprint density at radius 3 is 2.65 bits per heavy atom. The van der Waals surface area contributed by atoms with Crippen LogP contribution < -0.4 is 15.2 Å². The Labute approximate surface area is 137 Å². The minimum Gasteiger partial charge on any atom is -0.493 e. The summed E-state index contributed by atoms with van der Waals surface area (Å²) in [6.07, 6.45) is 1.18. The monoisotopic (exact) mass is 322 g/mol. The summed E-state index contributed by atoms with van der Waals surface area (Å²) in [6.45, 7) is 1.11.